The molecule has 4 heteroatoms. The summed E-state index contributed by atoms with van der Waals surface area (Å²) in [4.78, 5) is 14.1. The van der Waals surface area contributed by atoms with Gasteiger partial charge in [0.25, 0.3) is 0 Å². The van der Waals surface area contributed by atoms with Crippen molar-refractivity contribution in [2.75, 3.05) is 26.7 Å². The van der Waals surface area contributed by atoms with Crippen LogP contribution in [0.25, 0.3) is 5.57 Å². The van der Waals surface area contributed by atoms with Crippen molar-refractivity contribution in [1.82, 2.24) is 4.90 Å². The second kappa shape index (κ2) is 9.49. The lowest BCUT2D eigenvalue weighted by atomic mass is 9.94. The van der Waals surface area contributed by atoms with Gasteiger partial charge in [0.1, 0.15) is 0 Å². The minimum Gasteiger partial charge on any atom is -0.469 e. The Morgan fingerprint density at radius 1 is 1.11 bits per heavy atom. The first-order valence-corrected chi connectivity index (χ1v) is 9.48. The van der Waals surface area contributed by atoms with Crippen LogP contribution in [0.1, 0.15) is 24.0 Å². The van der Waals surface area contributed by atoms with Gasteiger partial charge in [-0.1, -0.05) is 66.7 Å². The van der Waals surface area contributed by atoms with Crippen LogP contribution >= 0.6 is 0 Å². The van der Waals surface area contributed by atoms with Gasteiger partial charge >= 0.3 is 5.97 Å². The zero-order valence-corrected chi connectivity index (χ0v) is 15.8. The number of carbonyl (C=O) groups is 1. The molecule has 0 radical (unpaired) electrons. The third kappa shape index (κ3) is 5.06. The molecule has 27 heavy (non-hydrogen) atoms. The van der Waals surface area contributed by atoms with E-state index in [4.69, 9.17) is 4.74 Å². The Balaban J connectivity index is 1.69. The number of nitrogens with zero attached hydrogens (tertiary/aromatic N) is 1. The minimum absolute atomic E-state index is 0.322. The SMILES string of the molecule is COC(=O)[C@@H]1CN(CCC=C(c2ccccc2)c2ccccc2)CC[C@H]1O. The molecule has 0 bridgehead atoms. The molecule has 1 fully saturated rings. The summed E-state index contributed by atoms with van der Waals surface area (Å²) in [5.41, 5.74) is 3.62. The van der Waals surface area contributed by atoms with E-state index in [1.807, 2.05) is 12.1 Å². The van der Waals surface area contributed by atoms with Crippen molar-refractivity contribution < 1.29 is 14.6 Å². The fraction of sp³-hybridized carbons (Fsp3) is 0.348. The molecule has 1 saturated heterocycles. The van der Waals surface area contributed by atoms with E-state index in [0.29, 0.717) is 13.0 Å². The van der Waals surface area contributed by atoms with Gasteiger partial charge in [-0.15, -0.1) is 0 Å². The van der Waals surface area contributed by atoms with Gasteiger partial charge < -0.3 is 14.7 Å². The van der Waals surface area contributed by atoms with Gasteiger partial charge in [-0.3, -0.25) is 4.79 Å². The largest absolute Gasteiger partial charge is 0.469 e. The highest BCUT2D eigenvalue weighted by Crippen LogP contribution is 2.24. The summed E-state index contributed by atoms with van der Waals surface area (Å²) in [6.45, 7) is 2.20. The number of aliphatic hydroxyl groups excluding tert-OH is 1. The van der Waals surface area contributed by atoms with E-state index in [0.717, 1.165) is 19.5 Å². The monoisotopic (exact) mass is 365 g/mol. The Hall–Kier alpha value is -2.43. The number of carbonyl (C=O) groups excluding carboxylic acids is 1. The van der Waals surface area contributed by atoms with Gasteiger partial charge in [0.2, 0.25) is 0 Å². The lowest BCUT2D eigenvalue weighted by molar-refractivity contribution is -0.152. The highest BCUT2D eigenvalue weighted by atomic mass is 16.5. The first kappa shape index (κ1) is 19.3. The molecule has 0 spiro atoms. The molecule has 142 valence electrons. The molecule has 1 aliphatic rings. The van der Waals surface area contributed by atoms with E-state index in [1.165, 1.54) is 23.8 Å². The molecule has 3 rings (SSSR count). The average molecular weight is 365 g/mol. The number of aliphatic hydroxyl groups is 1. The van der Waals surface area contributed by atoms with Gasteiger partial charge in [0.05, 0.1) is 19.1 Å². The van der Waals surface area contributed by atoms with Crippen molar-refractivity contribution >= 4 is 11.5 Å². The van der Waals surface area contributed by atoms with Crippen LogP contribution in [0.4, 0.5) is 0 Å². The lowest BCUT2D eigenvalue weighted by Gasteiger charge is -2.34. The number of hydrogen-bond acceptors (Lipinski definition) is 4. The van der Waals surface area contributed by atoms with Gasteiger partial charge in [0.15, 0.2) is 0 Å². The van der Waals surface area contributed by atoms with Crippen LogP contribution < -0.4 is 0 Å². The third-order valence-electron chi connectivity index (χ3n) is 5.13. The van der Waals surface area contributed by atoms with Crippen molar-refractivity contribution in [2.45, 2.75) is 18.9 Å². The van der Waals surface area contributed by atoms with Crippen LogP contribution in [0.3, 0.4) is 0 Å². The lowest BCUT2D eigenvalue weighted by Crippen LogP contribution is -2.47. The maximum absolute atomic E-state index is 11.9. The molecule has 0 unspecified atom stereocenters. The summed E-state index contributed by atoms with van der Waals surface area (Å²) in [5.74, 6) is -0.771. The molecular formula is C23H27NO3. The Bertz CT molecular complexity index is 716. The van der Waals surface area contributed by atoms with Crippen LogP contribution in [0.2, 0.25) is 0 Å². The highest BCUT2D eigenvalue weighted by molar-refractivity contribution is 5.79. The summed E-state index contributed by atoms with van der Waals surface area (Å²) in [6.07, 6.45) is 3.15. The van der Waals surface area contributed by atoms with Crippen molar-refractivity contribution in [3.8, 4) is 0 Å². The Morgan fingerprint density at radius 3 is 2.26 bits per heavy atom. The number of methoxy groups -OCH3 is 1. The first-order chi connectivity index (χ1) is 13.2. The average Bonchev–Trinajstić information content (AvgIpc) is 2.73. The van der Waals surface area contributed by atoms with E-state index in [2.05, 4.69) is 59.5 Å². The fourth-order valence-electron chi connectivity index (χ4n) is 3.62. The number of benzene rings is 2. The van der Waals surface area contributed by atoms with Crippen molar-refractivity contribution in [1.29, 1.82) is 0 Å². The van der Waals surface area contributed by atoms with Gasteiger partial charge in [-0.25, -0.2) is 0 Å². The predicted octanol–water partition coefficient (Wildman–Crippen LogP) is 3.36. The minimum atomic E-state index is -0.603. The molecule has 2 aromatic carbocycles. The molecule has 0 saturated carbocycles. The zero-order valence-electron chi connectivity index (χ0n) is 15.8. The molecule has 4 nitrogen and oxygen atoms in total. The standard InChI is InChI=1S/C23H27NO3/c1-27-23(26)21-17-24(16-14-22(21)25)15-8-13-20(18-9-4-2-5-10-18)19-11-6-3-7-12-19/h2-7,9-13,21-22,25H,8,14-17H2,1H3/t21-,22-/m1/s1. The summed E-state index contributed by atoms with van der Waals surface area (Å²) in [6, 6.07) is 20.8. The van der Waals surface area contributed by atoms with Crippen LogP contribution in [-0.4, -0.2) is 48.8 Å². The Labute approximate surface area is 161 Å². The molecule has 0 aliphatic carbocycles. The number of likely N-dealkylation sites (tertiary alicyclic amines) is 1. The van der Waals surface area contributed by atoms with Crippen LogP contribution in [0.15, 0.2) is 66.7 Å². The Kier molecular flexibility index (Phi) is 6.80. The van der Waals surface area contributed by atoms with Crippen LogP contribution in [0, 0.1) is 5.92 Å². The zero-order chi connectivity index (χ0) is 19.1. The summed E-state index contributed by atoms with van der Waals surface area (Å²) in [7, 11) is 1.38. The fourth-order valence-corrected chi connectivity index (χ4v) is 3.62. The second-order valence-corrected chi connectivity index (χ2v) is 6.92. The molecule has 0 amide bonds. The van der Waals surface area contributed by atoms with E-state index in [1.54, 1.807) is 0 Å². The van der Waals surface area contributed by atoms with E-state index < -0.39 is 12.0 Å². The normalized spacial score (nSPS) is 20.1. The summed E-state index contributed by atoms with van der Waals surface area (Å²) >= 11 is 0. The quantitative estimate of drug-likeness (QED) is 0.798. The van der Waals surface area contributed by atoms with Gasteiger partial charge in [-0.2, -0.15) is 0 Å². The number of esters is 1. The molecule has 1 heterocycles. The smallest absolute Gasteiger partial charge is 0.312 e. The van der Waals surface area contributed by atoms with E-state index >= 15 is 0 Å². The topological polar surface area (TPSA) is 49.8 Å². The van der Waals surface area contributed by atoms with Gasteiger partial charge in [-0.05, 0) is 29.5 Å². The molecule has 2 atom stereocenters. The molecular weight excluding hydrogens is 338 g/mol. The first-order valence-electron chi connectivity index (χ1n) is 9.48. The number of ether oxygens (including phenoxy) is 1. The van der Waals surface area contributed by atoms with Crippen molar-refractivity contribution in [2.24, 2.45) is 5.92 Å². The van der Waals surface area contributed by atoms with E-state index in [9.17, 15) is 9.90 Å². The maximum Gasteiger partial charge on any atom is 0.312 e. The van der Waals surface area contributed by atoms with Crippen molar-refractivity contribution in [3.05, 3.63) is 77.9 Å². The number of hydrogen-bond donors (Lipinski definition) is 1. The molecule has 0 aromatic heterocycles. The molecule has 1 N–H and O–H groups in total. The van der Waals surface area contributed by atoms with E-state index in [-0.39, 0.29) is 5.97 Å². The Morgan fingerprint density at radius 2 is 1.70 bits per heavy atom. The van der Waals surface area contributed by atoms with Crippen molar-refractivity contribution in [3.63, 3.8) is 0 Å². The molecule has 2 aromatic rings. The number of rotatable bonds is 6. The third-order valence-corrected chi connectivity index (χ3v) is 5.13. The molecule has 1 aliphatic heterocycles. The maximum atomic E-state index is 11.9. The van der Waals surface area contributed by atoms with Gasteiger partial charge in [0, 0.05) is 19.6 Å². The highest BCUT2D eigenvalue weighted by Gasteiger charge is 2.33. The number of piperidine rings is 1. The van der Waals surface area contributed by atoms with Crippen LogP contribution in [0.5, 0.6) is 0 Å². The summed E-state index contributed by atoms with van der Waals surface area (Å²) in [5, 5.41) is 10.1. The summed E-state index contributed by atoms with van der Waals surface area (Å²) < 4.78 is 4.83. The predicted molar refractivity (Wildman–Crippen MR) is 107 cm³/mol. The second-order valence-electron chi connectivity index (χ2n) is 6.92. The van der Waals surface area contributed by atoms with Crippen LogP contribution in [-0.2, 0) is 9.53 Å².